The third kappa shape index (κ3) is 1.84. The molecular formula is C13H12FN3O6. The number of piperidine rings is 1. The van der Waals surface area contributed by atoms with Crippen LogP contribution in [0.3, 0.4) is 0 Å². The normalized spacial score (nSPS) is 23.9. The average molecular weight is 325 g/mol. The summed E-state index contributed by atoms with van der Waals surface area (Å²) >= 11 is 0. The van der Waals surface area contributed by atoms with Gasteiger partial charge in [-0.1, -0.05) is 0 Å². The molecule has 2 aliphatic heterocycles. The van der Waals surface area contributed by atoms with E-state index >= 15 is 0 Å². The Hall–Kier alpha value is -2.88. The Labute approximate surface area is 128 Å². The number of carbonyl (C=O) groups excluding carboxylic acids is 3. The summed E-state index contributed by atoms with van der Waals surface area (Å²) < 4.78 is 13.7. The molecule has 0 aromatic heterocycles. The zero-order chi connectivity index (χ0) is 17.1. The van der Waals surface area contributed by atoms with Crippen LogP contribution in [0, 0.1) is 5.82 Å². The molecule has 1 aromatic rings. The number of nitrogens with zero attached hydrogens (tertiary/aromatic N) is 1. The monoisotopic (exact) mass is 325 g/mol. The van der Waals surface area contributed by atoms with Crippen LogP contribution in [-0.2, 0) is 16.1 Å². The van der Waals surface area contributed by atoms with E-state index in [4.69, 9.17) is 5.73 Å². The van der Waals surface area contributed by atoms with Gasteiger partial charge in [0.1, 0.15) is 0 Å². The van der Waals surface area contributed by atoms with Gasteiger partial charge < -0.3 is 21.1 Å². The minimum Gasteiger partial charge on any atom is -0.504 e. The number of aromatic hydroxyl groups is 2. The highest BCUT2D eigenvalue weighted by Gasteiger charge is 2.52. The highest BCUT2D eigenvalue weighted by Crippen LogP contribution is 2.44. The van der Waals surface area contributed by atoms with Gasteiger partial charge in [-0.15, -0.1) is 0 Å². The lowest BCUT2D eigenvalue weighted by atomic mass is 10.00. The van der Waals surface area contributed by atoms with E-state index in [2.05, 4.69) is 0 Å². The van der Waals surface area contributed by atoms with Gasteiger partial charge in [0.15, 0.2) is 11.5 Å². The van der Waals surface area contributed by atoms with Crippen molar-refractivity contribution in [2.75, 3.05) is 5.73 Å². The van der Waals surface area contributed by atoms with Crippen LogP contribution >= 0.6 is 0 Å². The Kier molecular flexibility index (Phi) is 2.98. The topological polar surface area (TPSA) is 153 Å². The lowest BCUT2D eigenvalue weighted by Crippen LogP contribution is -2.63. The molecule has 0 spiro atoms. The third-order valence-corrected chi connectivity index (χ3v) is 4.07. The van der Waals surface area contributed by atoms with Crippen LogP contribution in [0.15, 0.2) is 0 Å². The van der Waals surface area contributed by atoms with Gasteiger partial charge in [-0.05, 0) is 0 Å². The van der Waals surface area contributed by atoms with Crippen molar-refractivity contribution in [3.05, 3.63) is 16.9 Å². The molecule has 23 heavy (non-hydrogen) atoms. The largest absolute Gasteiger partial charge is 0.504 e. The molecule has 1 aromatic carbocycles. The van der Waals surface area contributed by atoms with E-state index in [1.807, 2.05) is 5.32 Å². The van der Waals surface area contributed by atoms with Gasteiger partial charge in [0.25, 0.3) is 11.8 Å². The van der Waals surface area contributed by atoms with E-state index in [-0.39, 0.29) is 18.4 Å². The molecule has 9 nitrogen and oxygen atoms in total. The Morgan fingerprint density at radius 3 is 2.48 bits per heavy atom. The number of carbonyl (C=O) groups is 3. The van der Waals surface area contributed by atoms with E-state index in [0.29, 0.717) is 4.90 Å². The Balaban J connectivity index is 2.08. The molecule has 0 saturated carbocycles. The first-order valence-electron chi connectivity index (χ1n) is 6.58. The van der Waals surface area contributed by atoms with Crippen molar-refractivity contribution >= 4 is 23.4 Å². The fraction of sp³-hybridized carbons (Fsp3) is 0.308. The highest BCUT2D eigenvalue weighted by molar-refractivity contribution is 6.08. The molecule has 1 atom stereocenters. The molecule has 2 aliphatic rings. The van der Waals surface area contributed by atoms with Crippen molar-refractivity contribution < 1.29 is 34.1 Å². The summed E-state index contributed by atoms with van der Waals surface area (Å²) in [6.07, 6.45) is -0.560. The summed E-state index contributed by atoms with van der Waals surface area (Å²) in [7, 11) is 0. The lowest BCUT2D eigenvalue weighted by molar-refractivity contribution is -0.167. The first-order valence-corrected chi connectivity index (χ1v) is 6.58. The van der Waals surface area contributed by atoms with E-state index in [0.717, 1.165) is 0 Å². The molecule has 0 radical (unpaired) electrons. The number of fused-ring (bicyclic) bond motifs is 1. The van der Waals surface area contributed by atoms with Crippen molar-refractivity contribution in [1.29, 1.82) is 0 Å². The Morgan fingerprint density at radius 2 is 1.87 bits per heavy atom. The number of nitrogens with two attached hydrogens (primary N) is 1. The van der Waals surface area contributed by atoms with Gasteiger partial charge in [0.05, 0.1) is 17.8 Å². The zero-order valence-corrected chi connectivity index (χ0v) is 11.6. The summed E-state index contributed by atoms with van der Waals surface area (Å²) in [5.74, 6) is -6.34. The number of phenols is 2. The number of nitrogens with one attached hydrogen (secondary N) is 1. The van der Waals surface area contributed by atoms with Crippen molar-refractivity contribution in [3.8, 4) is 11.5 Å². The van der Waals surface area contributed by atoms with Crippen molar-refractivity contribution in [1.82, 2.24) is 10.2 Å². The Morgan fingerprint density at radius 1 is 1.22 bits per heavy atom. The number of hydrogen-bond donors (Lipinski definition) is 5. The van der Waals surface area contributed by atoms with Crippen LogP contribution in [0.1, 0.15) is 28.8 Å². The van der Waals surface area contributed by atoms with E-state index in [9.17, 15) is 34.1 Å². The zero-order valence-electron chi connectivity index (χ0n) is 11.6. The number of halogens is 1. The molecule has 3 amide bonds. The summed E-state index contributed by atoms with van der Waals surface area (Å²) in [5, 5.41) is 31.6. The number of nitrogen functional groups attached to an aromatic ring is 1. The van der Waals surface area contributed by atoms with Gasteiger partial charge >= 0.3 is 0 Å². The first kappa shape index (κ1) is 15.0. The number of benzene rings is 1. The molecular weight excluding hydrogens is 313 g/mol. The van der Waals surface area contributed by atoms with E-state index < -0.39 is 58.6 Å². The smallest absolute Gasteiger partial charge is 0.279 e. The Bertz CT molecular complexity index is 780. The van der Waals surface area contributed by atoms with Crippen molar-refractivity contribution in [2.45, 2.75) is 25.1 Å². The van der Waals surface area contributed by atoms with Crippen LogP contribution in [0.5, 0.6) is 11.5 Å². The fourth-order valence-electron chi connectivity index (χ4n) is 2.77. The molecule has 3 rings (SSSR count). The second kappa shape index (κ2) is 4.56. The molecule has 0 bridgehead atoms. The number of amides is 3. The molecule has 0 unspecified atom stereocenters. The van der Waals surface area contributed by atoms with Gasteiger partial charge in [-0.2, -0.15) is 4.39 Å². The molecule has 1 saturated heterocycles. The molecule has 122 valence electrons. The number of hydrogen-bond acceptors (Lipinski definition) is 7. The van der Waals surface area contributed by atoms with Gasteiger partial charge in [-0.25, -0.2) is 0 Å². The first-order chi connectivity index (χ1) is 10.7. The van der Waals surface area contributed by atoms with Crippen LogP contribution in [0.2, 0.25) is 0 Å². The summed E-state index contributed by atoms with van der Waals surface area (Å²) in [5.41, 5.74) is 2.09. The molecule has 6 N–H and O–H groups in total. The number of anilines is 1. The van der Waals surface area contributed by atoms with Crippen LogP contribution < -0.4 is 11.1 Å². The highest BCUT2D eigenvalue weighted by atomic mass is 19.1. The minimum atomic E-state index is -2.34. The van der Waals surface area contributed by atoms with Crippen LogP contribution in [-0.4, -0.2) is 43.7 Å². The number of imide groups is 1. The second-order valence-corrected chi connectivity index (χ2v) is 5.36. The maximum atomic E-state index is 13.7. The predicted molar refractivity (Wildman–Crippen MR) is 71.3 cm³/mol. The number of rotatable bonds is 1. The van der Waals surface area contributed by atoms with Crippen LogP contribution in [0.25, 0.3) is 0 Å². The summed E-state index contributed by atoms with van der Waals surface area (Å²) in [6.45, 7) is -0.431. The lowest BCUT2D eigenvalue weighted by Gasteiger charge is -2.37. The van der Waals surface area contributed by atoms with Crippen molar-refractivity contribution in [3.63, 3.8) is 0 Å². The van der Waals surface area contributed by atoms with Gasteiger partial charge in [0, 0.05) is 18.4 Å². The third-order valence-electron chi connectivity index (χ3n) is 4.07. The standard InChI is InChI=1S/C13H12FN3O6/c14-7-9(19)6-4(8(15)10(7)20)3-17(11(6)21)13(23)2-1-5(18)16-12(13)22/h19-20,23H,1-3,15H2,(H,16,18,22)/t13-/m1/s1. The minimum absolute atomic E-state index is 0.107. The SMILES string of the molecule is Nc1c(O)c(F)c(O)c2c1CN([C@@]1(O)CCC(=O)NC1=O)C2=O. The fourth-order valence-corrected chi connectivity index (χ4v) is 2.77. The summed E-state index contributed by atoms with van der Waals surface area (Å²) in [4.78, 5) is 36.2. The van der Waals surface area contributed by atoms with Gasteiger partial charge in [0.2, 0.25) is 17.4 Å². The maximum Gasteiger partial charge on any atom is 0.279 e. The average Bonchev–Trinajstić information content (AvgIpc) is 2.85. The molecule has 1 fully saturated rings. The molecule has 0 aliphatic carbocycles. The van der Waals surface area contributed by atoms with Crippen LogP contribution in [0.4, 0.5) is 10.1 Å². The molecule has 2 heterocycles. The molecule has 10 heteroatoms. The van der Waals surface area contributed by atoms with Gasteiger partial charge in [-0.3, -0.25) is 24.6 Å². The second-order valence-electron chi connectivity index (χ2n) is 5.36. The quantitative estimate of drug-likeness (QED) is 0.190. The summed E-state index contributed by atoms with van der Waals surface area (Å²) in [6, 6.07) is 0. The maximum absolute atomic E-state index is 13.7. The van der Waals surface area contributed by atoms with Crippen molar-refractivity contribution in [2.24, 2.45) is 0 Å². The number of phenolic OH excluding ortho intramolecular Hbond substituents is 2. The van der Waals surface area contributed by atoms with E-state index in [1.54, 1.807) is 0 Å². The number of aliphatic hydroxyl groups is 1. The van der Waals surface area contributed by atoms with E-state index in [1.165, 1.54) is 0 Å². The predicted octanol–water partition coefficient (Wildman–Crippen LogP) is -1.10.